The van der Waals surface area contributed by atoms with Crippen molar-refractivity contribution in [1.82, 2.24) is 4.31 Å². The van der Waals surface area contributed by atoms with Gasteiger partial charge in [-0.3, -0.25) is 4.55 Å². The van der Waals surface area contributed by atoms with Crippen molar-refractivity contribution < 1.29 is 8.76 Å². The molecule has 1 N–H and O–H groups in total. The third-order valence-corrected chi connectivity index (χ3v) is 2.59. The molecule has 0 aromatic carbocycles. The molecule has 1 heterocycles. The van der Waals surface area contributed by atoms with E-state index in [9.17, 15) is 4.21 Å². The summed E-state index contributed by atoms with van der Waals surface area (Å²) in [7, 11) is 0. The van der Waals surface area contributed by atoms with Gasteiger partial charge in [0.2, 0.25) is 11.3 Å². The van der Waals surface area contributed by atoms with Crippen LogP contribution in [0.3, 0.4) is 0 Å². The van der Waals surface area contributed by atoms with Crippen LogP contribution in [0.15, 0.2) is 0 Å². The van der Waals surface area contributed by atoms with Crippen molar-refractivity contribution in [3.8, 4) is 0 Å². The highest BCUT2D eigenvalue weighted by molar-refractivity contribution is 7.76. The van der Waals surface area contributed by atoms with E-state index in [4.69, 9.17) is 4.55 Å². The Kier molecular flexibility index (Phi) is 3.31. The first-order valence-electron chi connectivity index (χ1n) is 3.66. The number of nitrogens with zero attached hydrogens (tertiary/aromatic N) is 1. The van der Waals surface area contributed by atoms with E-state index in [1.807, 2.05) is 0 Å². The van der Waals surface area contributed by atoms with Gasteiger partial charge in [-0.25, -0.2) is 8.51 Å². The van der Waals surface area contributed by atoms with E-state index >= 15 is 0 Å². The fourth-order valence-corrected chi connectivity index (χ4v) is 1.77. The van der Waals surface area contributed by atoms with Crippen LogP contribution in [0.1, 0.15) is 25.7 Å². The molecular weight excluding hydrogens is 150 g/mol. The topological polar surface area (TPSA) is 40.5 Å². The van der Waals surface area contributed by atoms with E-state index in [0.717, 1.165) is 25.9 Å². The Bertz CT molecular complexity index is 121. The van der Waals surface area contributed by atoms with Gasteiger partial charge in [0.05, 0.1) is 0 Å². The smallest absolute Gasteiger partial charge is 0.234 e. The normalized spacial score (nSPS) is 25.7. The zero-order valence-corrected chi connectivity index (χ0v) is 6.77. The molecule has 1 saturated heterocycles. The van der Waals surface area contributed by atoms with E-state index in [2.05, 4.69) is 0 Å². The van der Waals surface area contributed by atoms with Gasteiger partial charge in [-0.05, 0) is 12.8 Å². The molecular formula is C6H13NO2S. The first-order chi connectivity index (χ1) is 4.80. The van der Waals surface area contributed by atoms with Crippen LogP contribution in [0.25, 0.3) is 0 Å². The molecule has 1 rings (SSSR count). The highest BCUT2D eigenvalue weighted by Gasteiger charge is 2.12. The largest absolute Gasteiger partial charge is 0.294 e. The van der Waals surface area contributed by atoms with Gasteiger partial charge in [0, 0.05) is 13.1 Å². The van der Waals surface area contributed by atoms with Crippen molar-refractivity contribution >= 4 is 11.3 Å². The second-order valence-electron chi connectivity index (χ2n) is 2.57. The molecule has 0 bridgehead atoms. The first kappa shape index (κ1) is 8.17. The standard InChI is InChI=1S/C6H13NO2S/c8-10(9)7-5-3-1-2-4-6-7/h1-6H2,(H,8,9). The molecule has 0 aromatic rings. The third-order valence-electron chi connectivity index (χ3n) is 1.79. The van der Waals surface area contributed by atoms with Crippen LogP contribution < -0.4 is 0 Å². The highest BCUT2D eigenvalue weighted by atomic mass is 32.2. The lowest BCUT2D eigenvalue weighted by atomic mass is 10.2. The Morgan fingerprint density at radius 3 is 2.00 bits per heavy atom. The molecule has 3 nitrogen and oxygen atoms in total. The predicted octanol–water partition coefficient (Wildman–Crippen LogP) is 0.999. The fourth-order valence-electron chi connectivity index (χ4n) is 1.20. The van der Waals surface area contributed by atoms with Crippen LogP contribution in [0.5, 0.6) is 0 Å². The number of hydrogen-bond donors (Lipinski definition) is 1. The molecule has 1 aliphatic rings. The monoisotopic (exact) mass is 163 g/mol. The van der Waals surface area contributed by atoms with Crippen LogP contribution in [0, 0.1) is 0 Å². The predicted molar refractivity (Wildman–Crippen MR) is 40.8 cm³/mol. The van der Waals surface area contributed by atoms with Gasteiger partial charge < -0.3 is 0 Å². The summed E-state index contributed by atoms with van der Waals surface area (Å²) in [5.41, 5.74) is 0. The third kappa shape index (κ3) is 2.36. The Morgan fingerprint density at radius 1 is 1.10 bits per heavy atom. The Hall–Kier alpha value is 0.0700. The Morgan fingerprint density at radius 2 is 1.60 bits per heavy atom. The SMILES string of the molecule is O=S(O)N1CCCCCC1. The maximum absolute atomic E-state index is 10.5. The summed E-state index contributed by atoms with van der Waals surface area (Å²) in [5, 5.41) is 0. The molecule has 0 amide bonds. The van der Waals surface area contributed by atoms with Gasteiger partial charge in [0.1, 0.15) is 0 Å². The molecule has 1 unspecified atom stereocenters. The molecule has 4 heteroatoms. The van der Waals surface area contributed by atoms with E-state index in [1.54, 1.807) is 4.31 Å². The zero-order chi connectivity index (χ0) is 7.40. The molecule has 0 saturated carbocycles. The summed E-state index contributed by atoms with van der Waals surface area (Å²) >= 11 is -1.73. The average Bonchev–Trinajstić information content (AvgIpc) is 2.12. The number of rotatable bonds is 1. The van der Waals surface area contributed by atoms with E-state index in [-0.39, 0.29) is 0 Å². The lowest BCUT2D eigenvalue weighted by Gasteiger charge is -2.12. The minimum atomic E-state index is -1.73. The van der Waals surface area contributed by atoms with Crippen molar-refractivity contribution in [3.63, 3.8) is 0 Å². The van der Waals surface area contributed by atoms with Gasteiger partial charge in [0.15, 0.2) is 0 Å². The van der Waals surface area contributed by atoms with Gasteiger partial charge in [-0.2, -0.15) is 0 Å². The number of hydrogen-bond acceptors (Lipinski definition) is 1. The van der Waals surface area contributed by atoms with Crippen molar-refractivity contribution in [3.05, 3.63) is 0 Å². The summed E-state index contributed by atoms with van der Waals surface area (Å²) in [6.07, 6.45) is 4.53. The van der Waals surface area contributed by atoms with Gasteiger partial charge >= 0.3 is 0 Å². The van der Waals surface area contributed by atoms with Crippen molar-refractivity contribution in [2.45, 2.75) is 25.7 Å². The van der Waals surface area contributed by atoms with Crippen LogP contribution in [0.4, 0.5) is 0 Å². The highest BCUT2D eigenvalue weighted by Crippen LogP contribution is 2.09. The van der Waals surface area contributed by atoms with Gasteiger partial charge in [0.25, 0.3) is 0 Å². The van der Waals surface area contributed by atoms with E-state index < -0.39 is 11.3 Å². The lowest BCUT2D eigenvalue weighted by molar-refractivity contribution is 0.408. The molecule has 10 heavy (non-hydrogen) atoms. The van der Waals surface area contributed by atoms with E-state index in [1.165, 1.54) is 12.8 Å². The molecule has 0 aliphatic carbocycles. The first-order valence-corrected chi connectivity index (χ1v) is 4.73. The minimum Gasteiger partial charge on any atom is -0.294 e. The lowest BCUT2D eigenvalue weighted by Crippen LogP contribution is -2.26. The fraction of sp³-hybridized carbons (Fsp3) is 1.00. The Labute approximate surface area is 63.8 Å². The average molecular weight is 163 g/mol. The second-order valence-corrected chi connectivity index (χ2v) is 3.55. The molecule has 1 aliphatic heterocycles. The maximum atomic E-state index is 10.5. The van der Waals surface area contributed by atoms with Crippen LogP contribution >= 0.6 is 0 Å². The van der Waals surface area contributed by atoms with E-state index in [0.29, 0.717) is 0 Å². The summed E-state index contributed by atoms with van der Waals surface area (Å²) in [6.45, 7) is 1.56. The summed E-state index contributed by atoms with van der Waals surface area (Å²) in [5.74, 6) is 0. The maximum Gasteiger partial charge on any atom is 0.234 e. The molecule has 0 spiro atoms. The molecule has 1 atom stereocenters. The zero-order valence-electron chi connectivity index (χ0n) is 5.95. The van der Waals surface area contributed by atoms with Gasteiger partial charge in [-0.1, -0.05) is 12.8 Å². The summed E-state index contributed by atoms with van der Waals surface area (Å²) in [4.78, 5) is 0. The summed E-state index contributed by atoms with van der Waals surface area (Å²) < 4.78 is 20.9. The molecule has 0 radical (unpaired) electrons. The second kappa shape index (κ2) is 4.05. The minimum absolute atomic E-state index is 0.781. The van der Waals surface area contributed by atoms with Crippen LogP contribution in [0.2, 0.25) is 0 Å². The molecule has 1 fully saturated rings. The van der Waals surface area contributed by atoms with Crippen molar-refractivity contribution in [2.24, 2.45) is 0 Å². The molecule has 0 aromatic heterocycles. The summed E-state index contributed by atoms with van der Waals surface area (Å²) in [6, 6.07) is 0. The quantitative estimate of drug-likeness (QED) is 0.586. The Balaban J connectivity index is 2.35. The van der Waals surface area contributed by atoms with Crippen LogP contribution in [-0.2, 0) is 11.3 Å². The van der Waals surface area contributed by atoms with Gasteiger partial charge in [-0.15, -0.1) is 0 Å². The van der Waals surface area contributed by atoms with Crippen LogP contribution in [-0.4, -0.2) is 26.2 Å². The molecule has 60 valence electrons. The van der Waals surface area contributed by atoms with Crippen molar-refractivity contribution in [2.75, 3.05) is 13.1 Å². The van der Waals surface area contributed by atoms with Crippen molar-refractivity contribution in [1.29, 1.82) is 0 Å².